The average Bonchev–Trinajstić information content (AvgIpc) is 2.22. The molecule has 88 valence electrons. The van der Waals surface area contributed by atoms with Gasteiger partial charge in [0.25, 0.3) is 0 Å². The van der Waals surface area contributed by atoms with E-state index in [0.717, 1.165) is 12.0 Å². The van der Waals surface area contributed by atoms with Gasteiger partial charge in [-0.05, 0) is 25.0 Å². The fourth-order valence-corrected chi connectivity index (χ4v) is 1.22. The van der Waals surface area contributed by atoms with Crippen LogP contribution in [-0.4, -0.2) is 23.0 Å². The molecule has 0 atom stereocenters. The molecule has 0 bridgehead atoms. The number of hydrogen-bond donors (Lipinski definition) is 2. The van der Waals surface area contributed by atoms with Crippen LogP contribution in [0.15, 0.2) is 12.1 Å². The number of rotatable bonds is 4. The van der Waals surface area contributed by atoms with Gasteiger partial charge in [-0.2, -0.15) is 0 Å². The summed E-state index contributed by atoms with van der Waals surface area (Å²) in [6, 6.07) is 3.01. The number of hydrogen-bond acceptors (Lipinski definition) is 4. The number of ether oxygens (including phenoxy) is 2. The molecule has 0 fully saturated rings. The number of aryl methyl sites for hydroxylation is 1. The molecular formula is C11H14O5. The molecule has 0 unspecified atom stereocenters. The molecule has 0 aliphatic carbocycles. The van der Waals surface area contributed by atoms with E-state index in [0.29, 0.717) is 6.61 Å². The van der Waals surface area contributed by atoms with Gasteiger partial charge in [0.1, 0.15) is 0 Å². The molecule has 0 spiro atoms. The zero-order valence-corrected chi connectivity index (χ0v) is 9.19. The Kier molecular flexibility index (Phi) is 3.99. The second-order valence-electron chi connectivity index (χ2n) is 3.27. The molecule has 0 heterocycles. The highest BCUT2D eigenvalue weighted by Gasteiger charge is 2.14. The predicted octanol–water partition coefficient (Wildman–Crippen LogP) is 2.55. The summed E-state index contributed by atoms with van der Waals surface area (Å²) < 4.78 is 9.72. The van der Waals surface area contributed by atoms with Crippen molar-refractivity contribution in [1.82, 2.24) is 0 Å². The maximum absolute atomic E-state index is 10.4. The Bertz CT molecular complexity index is 386. The van der Waals surface area contributed by atoms with E-state index in [1.807, 2.05) is 6.92 Å². The van der Waals surface area contributed by atoms with Crippen molar-refractivity contribution in [2.24, 2.45) is 0 Å². The standard InChI is InChI=1S/C11H14O5/c1-3-6-15-10-7(2)4-5-8(9(10)12)16-11(13)14/h4-5,12H,3,6H2,1-2H3,(H,13,14). The van der Waals surface area contributed by atoms with Gasteiger partial charge in [-0.15, -0.1) is 0 Å². The van der Waals surface area contributed by atoms with Crippen molar-refractivity contribution in [3.8, 4) is 17.2 Å². The molecule has 5 nitrogen and oxygen atoms in total. The van der Waals surface area contributed by atoms with Gasteiger partial charge in [0, 0.05) is 0 Å². The molecule has 5 heteroatoms. The fraction of sp³-hybridized carbons (Fsp3) is 0.364. The van der Waals surface area contributed by atoms with Crippen molar-refractivity contribution >= 4 is 6.16 Å². The summed E-state index contributed by atoms with van der Waals surface area (Å²) in [6.45, 7) is 4.14. The lowest BCUT2D eigenvalue weighted by Gasteiger charge is -2.12. The third-order valence-electron chi connectivity index (χ3n) is 1.94. The van der Waals surface area contributed by atoms with E-state index in [2.05, 4.69) is 4.74 Å². The van der Waals surface area contributed by atoms with Crippen LogP contribution in [0.25, 0.3) is 0 Å². The number of phenols is 1. The van der Waals surface area contributed by atoms with Crippen molar-refractivity contribution < 1.29 is 24.5 Å². The van der Waals surface area contributed by atoms with E-state index in [1.165, 1.54) is 6.07 Å². The predicted molar refractivity (Wildman–Crippen MR) is 57.3 cm³/mol. The van der Waals surface area contributed by atoms with Gasteiger partial charge >= 0.3 is 6.16 Å². The third kappa shape index (κ3) is 2.79. The van der Waals surface area contributed by atoms with Crippen molar-refractivity contribution in [3.05, 3.63) is 17.7 Å². The topological polar surface area (TPSA) is 76.0 Å². The number of carbonyl (C=O) groups is 1. The molecule has 1 rings (SSSR count). The summed E-state index contributed by atoms with van der Waals surface area (Å²) >= 11 is 0. The van der Waals surface area contributed by atoms with Gasteiger partial charge in [0.05, 0.1) is 6.61 Å². The Hall–Kier alpha value is -1.91. The van der Waals surface area contributed by atoms with Crippen LogP contribution in [0, 0.1) is 6.92 Å². The van der Waals surface area contributed by atoms with Crippen LogP contribution in [0.4, 0.5) is 4.79 Å². The van der Waals surface area contributed by atoms with Gasteiger partial charge in [0.15, 0.2) is 11.5 Å². The molecule has 16 heavy (non-hydrogen) atoms. The Morgan fingerprint density at radius 2 is 2.12 bits per heavy atom. The summed E-state index contributed by atoms with van der Waals surface area (Å²) in [5.41, 5.74) is 0.726. The molecule has 1 aromatic carbocycles. The number of carboxylic acid groups (broad SMARTS) is 1. The van der Waals surface area contributed by atoms with Crippen molar-refractivity contribution in [2.45, 2.75) is 20.3 Å². The van der Waals surface area contributed by atoms with Gasteiger partial charge in [-0.3, -0.25) is 0 Å². The number of phenolic OH excluding ortho intramolecular Hbond substituents is 1. The first-order valence-corrected chi connectivity index (χ1v) is 4.92. The Morgan fingerprint density at radius 1 is 1.44 bits per heavy atom. The minimum absolute atomic E-state index is 0.121. The van der Waals surface area contributed by atoms with Gasteiger partial charge < -0.3 is 19.7 Å². The first kappa shape index (κ1) is 12.2. The highest BCUT2D eigenvalue weighted by Crippen LogP contribution is 2.38. The van der Waals surface area contributed by atoms with Crippen molar-refractivity contribution in [3.63, 3.8) is 0 Å². The zero-order valence-electron chi connectivity index (χ0n) is 9.19. The van der Waals surface area contributed by atoms with E-state index in [-0.39, 0.29) is 17.2 Å². The molecule has 0 radical (unpaired) electrons. The van der Waals surface area contributed by atoms with E-state index < -0.39 is 6.16 Å². The maximum atomic E-state index is 10.4. The number of aromatic hydroxyl groups is 1. The number of benzene rings is 1. The minimum Gasteiger partial charge on any atom is -0.502 e. The van der Waals surface area contributed by atoms with Crippen LogP contribution in [0.3, 0.4) is 0 Å². The normalized spacial score (nSPS) is 9.88. The molecule has 0 saturated carbocycles. The smallest absolute Gasteiger partial charge is 0.502 e. The van der Waals surface area contributed by atoms with Crippen LogP contribution in [-0.2, 0) is 0 Å². The molecule has 0 amide bonds. The SMILES string of the molecule is CCCOc1c(C)ccc(OC(=O)O)c1O. The largest absolute Gasteiger partial charge is 0.511 e. The van der Waals surface area contributed by atoms with Crippen molar-refractivity contribution in [1.29, 1.82) is 0 Å². The summed E-state index contributed by atoms with van der Waals surface area (Å²) in [6.07, 6.45) is -0.677. The molecule has 2 N–H and O–H groups in total. The quantitative estimate of drug-likeness (QED) is 0.609. The second-order valence-corrected chi connectivity index (χ2v) is 3.27. The highest BCUT2D eigenvalue weighted by atomic mass is 16.7. The second kappa shape index (κ2) is 5.25. The van der Waals surface area contributed by atoms with Gasteiger partial charge in [-0.1, -0.05) is 13.0 Å². The molecule has 0 aliphatic rings. The van der Waals surface area contributed by atoms with Gasteiger partial charge in [0.2, 0.25) is 5.75 Å². The monoisotopic (exact) mass is 226 g/mol. The molecule has 0 aliphatic heterocycles. The van der Waals surface area contributed by atoms with Crippen LogP contribution in [0.2, 0.25) is 0 Å². The molecule has 0 saturated heterocycles. The van der Waals surface area contributed by atoms with Crippen molar-refractivity contribution in [2.75, 3.05) is 6.61 Å². The summed E-state index contributed by atoms with van der Waals surface area (Å²) in [5, 5.41) is 18.2. The van der Waals surface area contributed by atoms with Crippen LogP contribution >= 0.6 is 0 Å². The summed E-state index contributed by atoms with van der Waals surface area (Å²) in [5.74, 6) is -0.138. The Morgan fingerprint density at radius 3 is 2.69 bits per heavy atom. The maximum Gasteiger partial charge on any atom is 0.511 e. The summed E-state index contributed by atoms with van der Waals surface area (Å²) in [4.78, 5) is 10.4. The van der Waals surface area contributed by atoms with Crippen LogP contribution in [0.1, 0.15) is 18.9 Å². The Balaban J connectivity index is 3.01. The van der Waals surface area contributed by atoms with E-state index in [4.69, 9.17) is 9.84 Å². The van der Waals surface area contributed by atoms with E-state index >= 15 is 0 Å². The van der Waals surface area contributed by atoms with Gasteiger partial charge in [-0.25, -0.2) is 4.79 Å². The molecular weight excluding hydrogens is 212 g/mol. The first-order valence-electron chi connectivity index (χ1n) is 4.92. The Labute approximate surface area is 93.2 Å². The van der Waals surface area contributed by atoms with E-state index in [9.17, 15) is 9.90 Å². The summed E-state index contributed by atoms with van der Waals surface area (Å²) in [7, 11) is 0. The first-order chi connectivity index (χ1) is 7.56. The van der Waals surface area contributed by atoms with E-state index in [1.54, 1.807) is 13.0 Å². The lowest BCUT2D eigenvalue weighted by atomic mass is 10.2. The lowest BCUT2D eigenvalue weighted by molar-refractivity contribution is 0.142. The molecule has 1 aromatic rings. The van der Waals surface area contributed by atoms with Crippen LogP contribution < -0.4 is 9.47 Å². The lowest BCUT2D eigenvalue weighted by Crippen LogP contribution is -2.04. The zero-order chi connectivity index (χ0) is 12.1. The average molecular weight is 226 g/mol. The molecule has 0 aromatic heterocycles. The fourth-order valence-electron chi connectivity index (χ4n) is 1.22. The third-order valence-corrected chi connectivity index (χ3v) is 1.94. The minimum atomic E-state index is -1.47. The highest BCUT2D eigenvalue weighted by molar-refractivity contribution is 5.65. The van der Waals surface area contributed by atoms with Crippen LogP contribution in [0.5, 0.6) is 17.2 Å².